The third kappa shape index (κ3) is 3.42. The number of ether oxygens (including phenoxy) is 1. The van der Waals surface area contributed by atoms with Gasteiger partial charge in [0.15, 0.2) is 11.8 Å². The van der Waals surface area contributed by atoms with Crippen molar-refractivity contribution in [3.63, 3.8) is 0 Å². The van der Waals surface area contributed by atoms with Crippen molar-refractivity contribution in [3.8, 4) is 11.5 Å². The quantitative estimate of drug-likeness (QED) is 0.705. The van der Waals surface area contributed by atoms with E-state index in [1.54, 1.807) is 6.26 Å². The van der Waals surface area contributed by atoms with Crippen molar-refractivity contribution in [2.24, 2.45) is 0 Å². The molecule has 2 aliphatic rings. The lowest BCUT2D eigenvalue weighted by molar-refractivity contribution is -0.919. The fourth-order valence-electron chi connectivity index (χ4n) is 4.61. The first-order chi connectivity index (χ1) is 14.3. The van der Waals surface area contributed by atoms with Gasteiger partial charge in [0.2, 0.25) is 5.91 Å². The molecule has 5 rings (SSSR count). The average molecular weight is 389 g/mol. The fourth-order valence-corrected chi connectivity index (χ4v) is 4.61. The van der Waals surface area contributed by atoms with Gasteiger partial charge in [-0.25, -0.2) is 0 Å². The van der Waals surface area contributed by atoms with Crippen LogP contribution in [0.1, 0.15) is 41.7 Å². The number of hydrogen-bond donors (Lipinski definition) is 2. The minimum Gasteiger partial charge on any atom is -0.463 e. The predicted molar refractivity (Wildman–Crippen MR) is 109 cm³/mol. The first-order valence-electron chi connectivity index (χ1n) is 10.3. The minimum absolute atomic E-state index is 0.00310. The summed E-state index contributed by atoms with van der Waals surface area (Å²) in [5.41, 5.74) is 1.82. The van der Waals surface area contributed by atoms with E-state index in [9.17, 15) is 4.79 Å². The van der Waals surface area contributed by atoms with Gasteiger partial charge in [0.1, 0.15) is 11.5 Å². The summed E-state index contributed by atoms with van der Waals surface area (Å²) in [6.45, 7) is 2.79. The topological polar surface area (TPSA) is 55.9 Å². The Bertz CT molecular complexity index is 947. The van der Waals surface area contributed by atoms with Crippen LogP contribution >= 0.6 is 0 Å². The van der Waals surface area contributed by atoms with Crippen molar-refractivity contribution >= 4 is 5.91 Å². The Morgan fingerprint density at radius 3 is 2.24 bits per heavy atom. The van der Waals surface area contributed by atoms with Gasteiger partial charge >= 0.3 is 0 Å². The lowest BCUT2D eigenvalue weighted by Gasteiger charge is -2.28. The molecule has 1 aromatic heterocycles. The van der Waals surface area contributed by atoms with Gasteiger partial charge in [-0.15, -0.1) is 0 Å². The normalized spacial score (nSPS) is 17.2. The molecule has 1 amide bonds. The Morgan fingerprint density at radius 1 is 0.966 bits per heavy atom. The van der Waals surface area contributed by atoms with Gasteiger partial charge in [0, 0.05) is 24.0 Å². The molecule has 0 spiro atoms. The summed E-state index contributed by atoms with van der Waals surface area (Å²) in [6, 6.07) is 19.7. The monoisotopic (exact) mass is 389 g/mol. The molecule has 1 saturated heterocycles. The first-order valence-corrected chi connectivity index (χ1v) is 10.3. The molecule has 5 nitrogen and oxygen atoms in total. The molecule has 5 heteroatoms. The predicted octanol–water partition coefficient (Wildman–Crippen LogP) is 3.05. The van der Waals surface area contributed by atoms with E-state index < -0.39 is 0 Å². The summed E-state index contributed by atoms with van der Waals surface area (Å²) in [6.07, 6.45) is 4.16. The number of nitrogens with one attached hydrogen (secondary N) is 2. The van der Waals surface area contributed by atoms with Crippen molar-refractivity contribution in [1.82, 2.24) is 5.32 Å². The smallest absolute Gasteiger partial charge is 0.232 e. The summed E-state index contributed by atoms with van der Waals surface area (Å²) in [7, 11) is 0. The van der Waals surface area contributed by atoms with Crippen LogP contribution in [0.3, 0.4) is 0 Å². The second-order valence-electron chi connectivity index (χ2n) is 7.79. The van der Waals surface area contributed by atoms with Crippen molar-refractivity contribution in [2.45, 2.75) is 24.8 Å². The maximum atomic E-state index is 13.4. The van der Waals surface area contributed by atoms with E-state index >= 15 is 0 Å². The van der Waals surface area contributed by atoms with Gasteiger partial charge in [-0.1, -0.05) is 36.4 Å². The van der Waals surface area contributed by atoms with Gasteiger partial charge < -0.3 is 19.4 Å². The van der Waals surface area contributed by atoms with E-state index in [-0.39, 0.29) is 17.9 Å². The maximum Gasteiger partial charge on any atom is 0.232 e. The highest BCUT2D eigenvalue weighted by molar-refractivity contribution is 5.89. The number of hydrogen-bond acceptors (Lipinski definition) is 3. The molecule has 0 radical (unpaired) electrons. The average Bonchev–Trinajstić information content (AvgIpc) is 3.47. The Hall–Kier alpha value is -3.05. The van der Waals surface area contributed by atoms with Crippen LogP contribution in [0.4, 0.5) is 0 Å². The van der Waals surface area contributed by atoms with Crippen LogP contribution in [0.2, 0.25) is 0 Å². The van der Waals surface area contributed by atoms with E-state index in [0.717, 1.165) is 41.5 Å². The zero-order chi connectivity index (χ0) is 19.6. The number of quaternary nitrogens is 1. The molecule has 3 aromatic rings. The molecule has 3 heterocycles. The van der Waals surface area contributed by atoms with Crippen molar-refractivity contribution in [1.29, 1.82) is 0 Å². The molecular formula is C24H25N2O3+. The van der Waals surface area contributed by atoms with Crippen LogP contribution in [0, 0.1) is 0 Å². The van der Waals surface area contributed by atoms with Gasteiger partial charge in [0.05, 0.1) is 31.8 Å². The molecule has 1 fully saturated rings. The van der Waals surface area contributed by atoms with Gasteiger partial charge in [-0.3, -0.25) is 4.79 Å². The van der Waals surface area contributed by atoms with E-state index in [1.807, 2.05) is 60.7 Å². The highest BCUT2D eigenvalue weighted by atomic mass is 16.5. The lowest BCUT2D eigenvalue weighted by Crippen LogP contribution is -3.11. The Kier molecular flexibility index (Phi) is 4.82. The fraction of sp³-hybridized carbons (Fsp3) is 0.292. The van der Waals surface area contributed by atoms with E-state index in [4.69, 9.17) is 9.15 Å². The highest BCUT2D eigenvalue weighted by Gasteiger charge is 2.34. The second-order valence-corrected chi connectivity index (χ2v) is 7.79. The third-order valence-corrected chi connectivity index (χ3v) is 6.05. The molecule has 148 valence electrons. The van der Waals surface area contributed by atoms with Crippen molar-refractivity contribution in [2.75, 3.05) is 19.6 Å². The molecule has 2 N–H and O–H groups in total. The van der Waals surface area contributed by atoms with E-state index in [0.29, 0.717) is 6.54 Å². The molecule has 2 aliphatic heterocycles. The minimum atomic E-state index is -0.373. The zero-order valence-electron chi connectivity index (χ0n) is 16.3. The number of carbonyl (C=O) groups excluding carboxylic acids is 1. The number of rotatable bonds is 5. The molecule has 0 unspecified atom stereocenters. The summed E-state index contributed by atoms with van der Waals surface area (Å²) >= 11 is 0. The molecule has 1 atom stereocenters. The van der Waals surface area contributed by atoms with E-state index in [1.165, 1.54) is 17.7 Å². The van der Waals surface area contributed by atoms with Crippen LogP contribution in [-0.2, 0) is 4.79 Å². The number of carbonyl (C=O) groups is 1. The van der Waals surface area contributed by atoms with Crippen molar-refractivity contribution in [3.05, 3.63) is 83.8 Å². The maximum absolute atomic E-state index is 13.4. The van der Waals surface area contributed by atoms with Gasteiger partial charge in [-0.05, 0) is 24.3 Å². The molecule has 0 saturated carbocycles. The summed E-state index contributed by atoms with van der Waals surface area (Å²) in [5, 5.41) is 3.22. The first kappa shape index (κ1) is 18.0. The molecule has 2 aromatic carbocycles. The molecule has 0 bridgehead atoms. The standard InChI is InChI=1S/C24H24N2O3/c27-24(25-16-19(22-12-7-15-28-22)26-13-5-6-14-26)23-17-8-1-3-10-20(17)29-21-11-4-2-9-18(21)23/h1-4,7-12,15,19,23H,5-6,13-14,16H2,(H,25,27)/p+1/t19-/m0/s1. The Balaban J connectivity index is 1.41. The highest BCUT2D eigenvalue weighted by Crippen LogP contribution is 2.43. The zero-order valence-corrected chi connectivity index (χ0v) is 16.3. The van der Waals surface area contributed by atoms with Crippen LogP contribution in [0.15, 0.2) is 71.3 Å². The number of amides is 1. The second kappa shape index (κ2) is 7.76. The number of furan rings is 1. The van der Waals surface area contributed by atoms with E-state index in [2.05, 4.69) is 5.32 Å². The van der Waals surface area contributed by atoms with Crippen molar-refractivity contribution < 1.29 is 18.8 Å². The molecule has 29 heavy (non-hydrogen) atoms. The van der Waals surface area contributed by atoms with Crippen LogP contribution in [-0.4, -0.2) is 25.5 Å². The molecular weight excluding hydrogens is 364 g/mol. The summed E-state index contributed by atoms with van der Waals surface area (Å²) in [4.78, 5) is 14.9. The Morgan fingerprint density at radius 2 is 1.62 bits per heavy atom. The number of fused-ring (bicyclic) bond motifs is 2. The largest absolute Gasteiger partial charge is 0.463 e. The molecule has 0 aliphatic carbocycles. The van der Waals surface area contributed by atoms with Crippen LogP contribution in [0.25, 0.3) is 0 Å². The number of benzene rings is 2. The lowest BCUT2D eigenvalue weighted by atomic mass is 9.87. The Labute approximate surface area is 170 Å². The SMILES string of the molecule is O=C(NC[C@@H](c1ccco1)[NH+]1CCCC1)C1c2ccccc2Oc2ccccc21. The van der Waals surface area contributed by atoms with Gasteiger partial charge in [-0.2, -0.15) is 0 Å². The summed E-state index contributed by atoms with van der Waals surface area (Å²) in [5.74, 6) is 2.07. The summed E-state index contributed by atoms with van der Waals surface area (Å²) < 4.78 is 11.7. The number of para-hydroxylation sites is 2. The van der Waals surface area contributed by atoms with Crippen LogP contribution in [0.5, 0.6) is 11.5 Å². The third-order valence-electron chi connectivity index (χ3n) is 6.05. The van der Waals surface area contributed by atoms with Crippen LogP contribution < -0.4 is 15.0 Å². The van der Waals surface area contributed by atoms with Gasteiger partial charge in [0.25, 0.3) is 0 Å². The number of likely N-dealkylation sites (tertiary alicyclic amines) is 1.